The van der Waals surface area contributed by atoms with E-state index >= 15 is 0 Å². The Morgan fingerprint density at radius 2 is 2.14 bits per heavy atom. The summed E-state index contributed by atoms with van der Waals surface area (Å²) in [4.78, 5) is 8.30. The number of nitrogens with one attached hydrogen (secondary N) is 1. The largest absolute Gasteiger partial charge is 0.497 e. The highest BCUT2D eigenvalue weighted by Crippen LogP contribution is 2.28. The van der Waals surface area contributed by atoms with E-state index < -0.39 is 0 Å². The Morgan fingerprint density at radius 3 is 2.81 bits per heavy atom. The van der Waals surface area contributed by atoms with Crippen LogP contribution in [0.25, 0.3) is 0 Å². The van der Waals surface area contributed by atoms with Crippen LogP contribution in [0.3, 0.4) is 0 Å². The zero-order valence-corrected chi connectivity index (χ0v) is 12.0. The van der Waals surface area contributed by atoms with Crippen molar-refractivity contribution >= 4 is 11.6 Å². The number of aromatic nitrogens is 1. The van der Waals surface area contributed by atoms with Crippen LogP contribution < -0.4 is 20.5 Å². The molecule has 2 rings (SSSR count). The lowest BCUT2D eigenvalue weighted by atomic mass is 10.2. The summed E-state index contributed by atoms with van der Waals surface area (Å²) in [6, 6.07) is 9.21. The molecule has 1 heterocycles. The number of rotatable bonds is 5. The second kappa shape index (κ2) is 7.14. The van der Waals surface area contributed by atoms with Crippen molar-refractivity contribution in [2.45, 2.75) is 6.54 Å². The molecule has 2 aromatic rings. The average Bonchev–Trinajstić information content (AvgIpc) is 2.54. The van der Waals surface area contributed by atoms with Crippen LogP contribution in [0.5, 0.6) is 11.5 Å². The van der Waals surface area contributed by atoms with Crippen molar-refractivity contribution in [3.8, 4) is 11.5 Å². The molecule has 0 spiro atoms. The lowest BCUT2D eigenvalue weighted by molar-refractivity contribution is 0.405. The lowest BCUT2D eigenvalue weighted by Gasteiger charge is -2.12. The zero-order chi connectivity index (χ0) is 15.1. The summed E-state index contributed by atoms with van der Waals surface area (Å²) in [5.74, 6) is 1.67. The predicted molar refractivity (Wildman–Crippen MR) is 82.7 cm³/mol. The number of pyridine rings is 1. The Labute approximate surface area is 123 Å². The Bertz CT molecular complexity index is 614. The van der Waals surface area contributed by atoms with Gasteiger partial charge in [0.25, 0.3) is 0 Å². The second-order valence-corrected chi connectivity index (χ2v) is 4.25. The Morgan fingerprint density at radius 1 is 1.29 bits per heavy atom. The molecule has 0 amide bonds. The number of benzene rings is 1. The molecule has 0 radical (unpaired) electrons. The third-order valence-electron chi connectivity index (χ3n) is 2.82. The van der Waals surface area contributed by atoms with Crippen LogP contribution in [0.15, 0.2) is 47.7 Å². The first-order chi connectivity index (χ1) is 10.2. The third-order valence-corrected chi connectivity index (χ3v) is 2.82. The number of nitrogens with two attached hydrogens (primary N) is 1. The van der Waals surface area contributed by atoms with Gasteiger partial charge in [-0.1, -0.05) is 6.07 Å². The highest BCUT2D eigenvalue weighted by molar-refractivity contribution is 5.93. The van der Waals surface area contributed by atoms with Crippen LogP contribution in [0.4, 0.5) is 5.69 Å². The molecule has 0 fully saturated rings. The maximum Gasteiger partial charge on any atom is 0.193 e. The maximum absolute atomic E-state index is 5.89. The predicted octanol–water partition coefficient (Wildman–Crippen LogP) is 2.03. The minimum absolute atomic E-state index is 0.297. The van der Waals surface area contributed by atoms with Crippen LogP contribution in [-0.2, 0) is 6.54 Å². The molecular formula is C15H18N4O2. The number of hydrogen-bond donors (Lipinski definition) is 2. The highest BCUT2D eigenvalue weighted by atomic mass is 16.5. The standard InChI is InChI=1S/C15H18N4O2/c1-20-12-5-6-14(21-2)13(8-12)19-15(16)18-10-11-4-3-7-17-9-11/h3-9H,10H2,1-2H3,(H3,16,18,19). The van der Waals surface area contributed by atoms with E-state index in [1.807, 2.05) is 18.2 Å². The normalized spacial score (nSPS) is 11.0. The highest BCUT2D eigenvalue weighted by Gasteiger charge is 2.06. The van der Waals surface area contributed by atoms with Crippen molar-refractivity contribution in [3.05, 3.63) is 48.3 Å². The van der Waals surface area contributed by atoms with Gasteiger partial charge in [-0.2, -0.15) is 0 Å². The zero-order valence-electron chi connectivity index (χ0n) is 12.0. The summed E-state index contributed by atoms with van der Waals surface area (Å²) in [7, 11) is 3.20. The number of methoxy groups -OCH3 is 2. The van der Waals surface area contributed by atoms with Crippen LogP contribution >= 0.6 is 0 Å². The molecule has 0 bridgehead atoms. The maximum atomic E-state index is 5.89. The fraction of sp³-hybridized carbons (Fsp3) is 0.200. The summed E-state index contributed by atoms with van der Waals surface area (Å²) in [5.41, 5.74) is 7.58. The van der Waals surface area contributed by atoms with Crippen molar-refractivity contribution in [1.82, 2.24) is 4.98 Å². The quantitative estimate of drug-likeness (QED) is 0.649. The summed E-state index contributed by atoms with van der Waals surface area (Å²) < 4.78 is 10.5. The van der Waals surface area contributed by atoms with Gasteiger partial charge < -0.3 is 20.5 Å². The fourth-order valence-electron chi connectivity index (χ4n) is 1.76. The van der Waals surface area contributed by atoms with Gasteiger partial charge in [0.15, 0.2) is 5.96 Å². The smallest absolute Gasteiger partial charge is 0.193 e. The molecule has 0 saturated heterocycles. The van der Waals surface area contributed by atoms with Gasteiger partial charge in [0.05, 0.1) is 26.5 Å². The molecule has 110 valence electrons. The first-order valence-corrected chi connectivity index (χ1v) is 6.41. The number of hydrogen-bond acceptors (Lipinski definition) is 4. The minimum atomic E-state index is 0.297. The van der Waals surface area contributed by atoms with Crippen LogP contribution in [0.1, 0.15) is 5.56 Å². The van der Waals surface area contributed by atoms with E-state index in [2.05, 4.69) is 15.3 Å². The van der Waals surface area contributed by atoms with Crippen molar-refractivity contribution in [3.63, 3.8) is 0 Å². The molecule has 6 heteroatoms. The van der Waals surface area contributed by atoms with Gasteiger partial charge >= 0.3 is 0 Å². The Kier molecular flexibility index (Phi) is 4.98. The van der Waals surface area contributed by atoms with Crippen LogP contribution in [-0.4, -0.2) is 25.2 Å². The van der Waals surface area contributed by atoms with Crippen LogP contribution in [0.2, 0.25) is 0 Å². The van der Waals surface area contributed by atoms with E-state index in [1.165, 1.54) is 0 Å². The Balaban J connectivity index is 2.09. The van der Waals surface area contributed by atoms with Gasteiger partial charge in [-0.05, 0) is 23.8 Å². The van der Waals surface area contributed by atoms with E-state index in [4.69, 9.17) is 15.2 Å². The topological polar surface area (TPSA) is 81.8 Å². The summed E-state index contributed by atoms with van der Waals surface area (Å²) in [5, 5.41) is 3.01. The molecule has 0 unspecified atom stereocenters. The minimum Gasteiger partial charge on any atom is -0.497 e. The SMILES string of the molecule is COc1ccc(OC)c(NC(N)=NCc2cccnc2)c1. The van der Waals surface area contributed by atoms with Gasteiger partial charge in [-0.25, -0.2) is 4.99 Å². The van der Waals surface area contributed by atoms with Gasteiger partial charge in [0, 0.05) is 18.5 Å². The van der Waals surface area contributed by atoms with Crippen molar-refractivity contribution in [2.75, 3.05) is 19.5 Å². The molecule has 0 atom stereocenters. The second-order valence-electron chi connectivity index (χ2n) is 4.25. The number of anilines is 1. The van der Waals surface area contributed by atoms with Crippen molar-refractivity contribution in [2.24, 2.45) is 10.7 Å². The molecule has 0 saturated carbocycles. The van der Waals surface area contributed by atoms with Crippen LogP contribution in [0, 0.1) is 0 Å². The van der Waals surface area contributed by atoms with E-state index in [0.717, 1.165) is 5.56 Å². The van der Waals surface area contributed by atoms with E-state index in [1.54, 1.807) is 38.7 Å². The number of guanidine groups is 1. The molecular weight excluding hydrogens is 268 g/mol. The fourth-order valence-corrected chi connectivity index (χ4v) is 1.76. The lowest BCUT2D eigenvalue weighted by Crippen LogP contribution is -2.23. The van der Waals surface area contributed by atoms with Gasteiger partial charge in [-0.3, -0.25) is 4.98 Å². The number of aliphatic imine (C=N–C) groups is 1. The van der Waals surface area contributed by atoms with Gasteiger partial charge in [0.1, 0.15) is 11.5 Å². The van der Waals surface area contributed by atoms with E-state index in [0.29, 0.717) is 29.7 Å². The summed E-state index contributed by atoms with van der Waals surface area (Å²) in [6.07, 6.45) is 3.47. The van der Waals surface area contributed by atoms with Crippen molar-refractivity contribution < 1.29 is 9.47 Å². The molecule has 6 nitrogen and oxygen atoms in total. The molecule has 1 aromatic carbocycles. The summed E-state index contributed by atoms with van der Waals surface area (Å²) >= 11 is 0. The molecule has 1 aromatic heterocycles. The van der Waals surface area contributed by atoms with Crippen molar-refractivity contribution in [1.29, 1.82) is 0 Å². The Hall–Kier alpha value is -2.76. The van der Waals surface area contributed by atoms with Gasteiger partial charge in [0.2, 0.25) is 0 Å². The van der Waals surface area contributed by atoms with Gasteiger partial charge in [-0.15, -0.1) is 0 Å². The first kappa shape index (κ1) is 14.6. The van der Waals surface area contributed by atoms with E-state index in [-0.39, 0.29) is 0 Å². The average molecular weight is 286 g/mol. The molecule has 21 heavy (non-hydrogen) atoms. The molecule has 0 aliphatic carbocycles. The first-order valence-electron chi connectivity index (χ1n) is 6.41. The molecule has 0 aliphatic rings. The molecule has 3 N–H and O–H groups in total. The monoisotopic (exact) mass is 286 g/mol. The third kappa shape index (κ3) is 4.10. The van der Waals surface area contributed by atoms with E-state index in [9.17, 15) is 0 Å². The number of ether oxygens (including phenoxy) is 2. The summed E-state index contributed by atoms with van der Waals surface area (Å²) in [6.45, 7) is 0.457. The number of nitrogens with zero attached hydrogens (tertiary/aromatic N) is 2. The molecule has 0 aliphatic heterocycles.